The van der Waals surface area contributed by atoms with E-state index in [1.807, 2.05) is 13.8 Å². The standard InChI is InChI=1S/C11H20N2O4/c1-7(2)5-9(13-8(3)14)11(16)12-6-10(15)17-4/h7,9H,5-6H2,1-4H3,(H,12,16)(H,13,14)/t9-/m0/s1. The Hall–Kier alpha value is -1.59. The Kier molecular flexibility index (Phi) is 6.93. The molecule has 0 aromatic rings. The van der Waals surface area contributed by atoms with Crippen LogP contribution in [-0.4, -0.2) is 37.5 Å². The molecule has 0 aromatic carbocycles. The molecule has 0 spiro atoms. The fraction of sp³-hybridized carbons (Fsp3) is 0.727. The molecular formula is C11H20N2O4. The summed E-state index contributed by atoms with van der Waals surface area (Å²) in [6.07, 6.45) is 0.520. The van der Waals surface area contributed by atoms with Crippen molar-refractivity contribution in [2.75, 3.05) is 13.7 Å². The van der Waals surface area contributed by atoms with Gasteiger partial charge in [-0.25, -0.2) is 0 Å². The summed E-state index contributed by atoms with van der Waals surface area (Å²) in [4.78, 5) is 33.5. The molecule has 0 saturated heterocycles. The zero-order valence-electron chi connectivity index (χ0n) is 10.7. The SMILES string of the molecule is COC(=O)CNC(=O)[C@H](CC(C)C)NC(C)=O. The van der Waals surface area contributed by atoms with E-state index in [1.165, 1.54) is 14.0 Å². The Morgan fingerprint density at radius 3 is 2.24 bits per heavy atom. The second-order valence-electron chi connectivity index (χ2n) is 4.18. The van der Waals surface area contributed by atoms with Gasteiger partial charge in [0.25, 0.3) is 0 Å². The topological polar surface area (TPSA) is 84.5 Å². The van der Waals surface area contributed by atoms with Crippen molar-refractivity contribution in [3.8, 4) is 0 Å². The number of ether oxygens (including phenoxy) is 1. The average molecular weight is 244 g/mol. The highest BCUT2D eigenvalue weighted by Crippen LogP contribution is 2.04. The van der Waals surface area contributed by atoms with Crippen molar-refractivity contribution < 1.29 is 19.1 Å². The molecule has 0 fully saturated rings. The summed E-state index contributed by atoms with van der Waals surface area (Å²) in [5.74, 6) is -0.914. The van der Waals surface area contributed by atoms with Crippen molar-refractivity contribution >= 4 is 17.8 Å². The van der Waals surface area contributed by atoms with Crippen LogP contribution < -0.4 is 10.6 Å². The van der Waals surface area contributed by atoms with E-state index < -0.39 is 12.0 Å². The second kappa shape index (κ2) is 7.65. The molecule has 6 nitrogen and oxygen atoms in total. The van der Waals surface area contributed by atoms with Crippen LogP contribution in [0.2, 0.25) is 0 Å². The van der Waals surface area contributed by atoms with Crippen LogP contribution in [0.3, 0.4) is 0 Å². The van der Waals surface area contributed by atoms with Gasteiger partial charge in [0.05, 0.1) is 7.11 Å². The van der Waals surface area contributed by atoms with E-state index in [1.54, 1.807) is 0 Å². The van der Waals surface area contributed by atoms with Crippen molar-refractivity contribution in [3.63, 3.8) is 0 Å². The third-order valence-electron chi connectivity index (χ3n) is 2.04. The van der Waals surface area contributed by atoms with E-state index in [0.29, 0.717) is 6.42 Å². The third-order valence-corrected chi connectivity index (χ3v) is 2.04. The lowest BCUT2D eigenvalue weighted by molar-refractivity contribution is -0.141. The molecule has 0 bridgehead atoms. The maximum absolute atomic E-state index is 11.7. The summed E-state index contributed by atoms with van der Waals surface area (Å²) in [5, 5.41) is 4.97. The van der Waals surface area contributed by atoms with Crippen LogP contribution in [0, 0.1) is 5.92 Å². The molecular weight excluding hydrogens is 224 g/mol. The van der Waals surface area contributed by atoms with Crippen LogP contribution in [0.15, 0.2) is 0 Å². The van der Waals surface area contributed by atoms with Crippen LogP contribution in [0.1, 0.15) is 27.2 Å². The van der Waals surface area contributed by atoms with Gasteiger partial charge in [0, 0.05) is 6.92 Å². The first-order valence-electron chi connectivity index (χ1n) is 5.48. The molecule has 2 amide bonds. The van der Waals surface area contributed by atoms with Gasteiger partial charge < -0.3 is 15.4 Å². The van der Waals surface area contributed by atoms with E-state index in [2.05, 4.69) is 15.4 Å². The molecule has 0 rings (SSSR count). The minimum atomic E-state index is -0.614. The van der Waals surface area contributed by atoms with E-state index in [-0.39, 0.29) is 24.3 Å². The monoisotopic (exact) mass is 244 g/mol. The van der Waals surface area contributed by atoms with Gasteiger partial charge >= 0.3 is 5.97 Å². The molecule has 2 N–H and O–H groups in total. The fourth-order valence-corrected chi connectivity index (χ4v) is 1.30. The number of hydrogen-bond donors (Lipinski definition) is 2. The molecule has 6 heteroatoms. The summed E-state index contributed by atoms with van der Waals surface area (Å²) < 4.78 is 4.40. The van der Waals surface area contributed by atoms with Gasteiger partial charge in [-0.1, -0.05) is 13.8 Å². The zero-order valence-corrected chi connectivity index (χ0v) is 10.7. The molecule has 0 aromatic heterocycles. The lowest BCUT2D eigenvalue weighted by Crippen LogP contribution is -2.48. The summed E-state index contributed by atoms with van der Waals surface area (Å²) in [5.41, 5.74) is 0. The van der Waals surface area contributed by atoms with E-state index >= 15 is 0 Å². The quantitative estimate of drug-likeness (QED) is 0.635. The summed E-state index contributed by atoms with van der Waals surface area (Å²) >= 11 is 0. The average Bonchev–Trinajstić information content (AvgIpc) is 2.23. The molecule has 0 heterocycles. The molecule has 0 aliphatic carbocycles. The zero-order chi connectivity index (χ0) is 13.4. The van der Waals surface area contributed by atoms with E-state index in [9.17, 15) is 14.4 Å². The van der Waals surface area contributed by atoms with E-state index in [0.717, 1.165) is 0 Å². The smallest absolute Gasteiger partial charge is 0.325 e. The van der Waals surface area contributed by atoms with Crippen LogP contribution in [0.25, 0.3) is 0 Å². The molecule has 0 radical (unpaired) electrons. The third kappa shape index (κ3) is 7.32. The molecule has 0 aliphatic heterocycles. The molecule has 17 heavy (non-hydrogen) atoms. The van der Waals surface area contributed by atoms with Gasteiger partial charge in [0.15, 0.2) is 0 Å². The van der Waals surface area contributed by atoms with Gasteiger partial charge in [-0.15, -0.1) is 0 Å². The predicted octanol–water partition coefficient (Wildman–Crippen LogP) is -0.174. The van der Waals surface area contributed by atoms with Crippen molar-refractivity contribution in [3.05, 3.63) is 0 Å². The highest BCUT2D eigenvalue weighted by molar-refractivity contribution is 5.89. The Bertz CT molecular complexity index is 289. The summed E-state index contributed by atoms with van der Waals surface area (Å²) in [6.45, 7) is 5.05. The van der Waals surface area contributed by atoms with Crippen LogP contribution >= 0.6 is 0 Å². The highest BCUT2D eigenvalue weighted by atomic mass is 16.5. The number of carbonyl (C=O) groups excluding carboxylic acids is 3. The highest BCUT2D eigenvalue weighted by Gasteiger charge is 2.20. The lowest BCUT2D eigenvalue weighted by Gasteiger charge is -2.18. The number of carbonyl (C=O) groups is 3. The van der Waals surface area contributed by atoms with Gasteiger partial charge in [0.1, 0.15) is 12.6 Å². The first-order valence-corrected chi connectivity index (χ1v) is 5.48. The van der Waals surface area contributed by atoms with Gasteiger partial charge in [-0.2, -0.15) is 0 Å². The molecule has 98 valence electrons. The predicted molar refractivity (Wildman–Crippen MR) is 62.1 cm³/mol. The number of esters is 1. The normalized spacial score (nSPS) is 11.8. The number of hydrogen-bond acceptors (Lipinski definition) is 4. The van der Waals surface area contributed by atoms with E-state index in [4.69, 9.17) is 0 Å². The Labute approximate surface area is 101 Å². The first kappa shape index (κ1) is 15.4. The van der Waals surface area contributed by atoms with Gasteiger partial charge in [-0.05, 0) is 12.3 Å². The van der Waals surface area contributed by atoms with Crippen LogP contribution in [0.5, 0.6) is 0 Å². The largest absolute Gasteiger partial charge is 0.468 e. The maximum Gasteiger partial charge on any atom is 0.325 e. The van der Waals surface area contributed by atoms with Crippen molar-refractivity contribution in [1.82, 2.24) is 10.6 Å². The van der Waals surface area contributed by atoms with Crippen LogP contribution in [0.4, 0.5) is 0 Å². The minimum Gasteiger partial charge on any atom is -0.468 e. The van der Waals surface area contributed by atoms with Gasteiger partial charge in [-0.3, -0.25) is 14.4 Å². The number of nitrogens with one attached hydrogen (secondary N) is 2. The Morgan fingerprint density at radius 2 is 1.82 bits per heavy atom. The lowest BCUT2D eigenvalue weighted by atomic mass is 10.0. The summed E-state index contributed by atoms with van der Waals surface area (Å²) in [6, 6.07) is -0.614. The maximum atomic E-state index is 11.7. The Morgan fingerprint density at radius 1 is 1.24 bits per heavy atom. The Balaban J connectivity index is 4.31. The molecule has 0 unspecified atom stereocenters. The van der Waals surface area contributed by atoms with Crippen molar-refractivity contribution in [1.29, 1.82) is 0 Å². The molecule has 0 saturated carbocycles. The second-order valence-corrected chi connectivity index (χ2v) is 4.18. The fourth-order valence-electron chi connectivity index (χ4n) is 1.30. The first-order chi connectivity index (χ1) is 7.86. The van der Waals surface area contributed by atoms with Gasteiger partial charge in [0.2, 0.25) is 11.8 Å². The van der Waals surface area contributed by atoms with Crippen molar-refractivity contribution in [2.45, 2.75) is 33.2 Å². The number of amides is 2. The summed E-state index contributed by atoms with van der Waals surface area (Å²) in [7, 11) is 1.24. The van der Waals surface area contributed by atoms with Crippen LogP contribution in [-0.2, 0) is 19.1 Å². The minimum absolute atomic E-state index is 0.191. The number of methoxy groups -OCH3 is 1. The molecule has 0 aliphatic rings. The van der Waals surface area contributed by atoms with Crippen molar-refractivity contribution in [2.24, 2.45) is 5.92 Å². The molecule has 1 atom stereocenters. The number of rotatable bonds is 6.